The van der Waals surface area contributed by atoms with E-state index in [1.807, 2.05) is 13.8 Å². The molecule has 1 heterocycles. The van der Waals surface area contributed by atoms with E-state index in [2.05, 4.69) is 21.0 Å². The molecule has 0 bridgehead atoms. The molecule has 0 saturated carbocycles. The van der Waals surface area contributed by atoms with Crippen molar-refractivity contribution in [3.63, 3.8) is 0 Å². The van der Waals surface area contributed by atoms with Crippen LogP contribution in [0.15, 0.2) is 0 Å². The summed E-state index contributed by atoms with van der Waals surface area (Å²) in [7, 11) is 2.79. The largest absolute Gasteiger partial charge is 0.287 e. The maximum atomic E-state index is 2.79. The standard InChI is InChI=1S/C7H16NP.C2H6/c1-2-7-4-3-5-8(9)6-7;1-2/h7H,2-6,9H2,1H3;1-2H3. The SMILES string of the molecule is CC.CCC1CCCN(P)C1. The Morgan fingerprint density at radius 3 is 2.45 bits per heavy atom. The molecule has 0 N–H and O–H groups in total. The molecule has 1 nitrogen and oxygen atoms in total. The number of hydrogen-bond acceptors (Lipinski definition) is 1. The summed E-state index contributed by atoms with van der Waals surface area (Å²) in [6.45, 7) is 8.86. The molecule has 0 aromatic rings. The molecule has 1 fully saturated rings. The number of rotatable bonds is 1. The molecule has 2 unspecified atom stereocenters. The average Bonchev–Trinajstić information content (AvgIpc) is 2.08. The lowest BCUT2D eigenvalue weighted by molar-refractivity contribution is 0.278. The lowest BCUT2D eigenvalue weighted by Gasteiger charge is -2.28. The third kappa shape index (κ3) is 4.76. The van der Waals surface area contributed by atoms with Crippen LogP contribution in [0.5, 0.6) is 0 Å². The van der Waals surface area contributed by atoms with Crippen molar-refractivity contribution in [3.8, 4) is 0 Å². The monoisotopic (exact) mass is 175 g/mol. The van der Waals surface area contributed by atoms with Crippen LogP contribution in [-0.2, 0) is 0 Å². The van der Waals surface area contributed by atoms with Gasteiger partial charge in [-0.1, -0.05) is 36.6 Å². The highest BCUT2D eigenvalue weighted by atomic mass is 31.0. The van der Waals surface area contributed by atoms with Gasteiger partial charge in [-0.25, -0.2) is 0 Å². The predicted molar refractivity (Wildman–Crippen MR) is 55.6 cm³/mol. The summed E-state index contributed by atoms with van der Waals surface area (Å²) in [5, 5.41) is 0. The van der Waals surface area contributed by atoms with Gasteiger partial charge in [-0.05, 0) is 18.8 Å². The molecule has 1 rings (SSSR count). The van der Waals surface area contributed by atoms with Crippen LogP contribution in [0.25, 0.3) is 0 Å². The maximum Gasteiger partial charge on any atom is 0.00444 e. The Morgan fingerprint density at radius 1 is 1.45 bits per heavy atom. The van der Waals surface area contributed by atoms with E-state index in [1.165, 1.54) is 32.4 Å². The van der Waals surface area contributed by atoms with Crippen LogP contribution in [0, 0.1) is 5.92 Å². The van der Waals surface area contributed by atoms with E-state index in [1.54, 1.807) is 0 Å². The van der Waals surface area contributed by atoms with Crippen molar-refractivity contribution in [2.24, 2.45) is 5.92 Å². The predicted octanol–water partition coefficient (Wildman–Crippen LogP) is 2.92. The molecule has 0 aliphatic carbocycles. The van der Waals surface area contributed by atoms with Crippen molar-refractivity contribution in [2.75, 3.05) is 13.1 Å². The Hall–Kier alpha value is 0.390. The van der Waals surface area contributed by atoms with Crippen molar-refractivity contribution in [3.05, 3.63) is 0 Å². The molecule has 0 amide bonds. The molecule has 0 aromatic heterocycles. The highest BCUT2D eigenvalue weighted by molar-refractivity contribution is 7.13. The van der Waals surface area contributed by atoms with Crippen LogP contribution < -0.4 is 0 Å². The first-order valence-electron chi connectivity index (χ1n) is 4.82. The first kappa shape index (κ1) is 11.4. The van der Waals surface area contributed by atoms with E-state index < -0.39 is 0 Å². The summed E-state index contributed by atoms with van der Waals surface area (Å²) in [5.41, 5.74) is 0. The average molecular weight is 175 g/mol. The fourth-order valence-corrected chi connectivity index (χ4v) is 1.91. The Kier molecular flexibility index (Phi) is 7.31. The number of hydrogen-bond donors (Lipinski definition) is 0. The third-order valence-electron chi connectivity index (χ3n) is 2.13. The van der Waals surface area contributed by atoms with E-state index in [-0.39, 0.29) is 0 Å². The molecule has 11 heavy (non-hydrogen) atoms. The second-order valence-corrected chi connectivity index (χ2v) is 3.64. The van der Waals surface area contributed by atoms with Gasteiger partial charge >= 0.3 is 0 Å². The maximum absolute atomic E-state index is 2.79. The second kappa shape index (κ2) is 7.06. The van der Waals surface area contributed by atoms with Gasteiger partial charge in [-0.2, -0.15) is 0 Å². The smallest absolute Gasteiger partial charge is 0.00444 e. The molecule has 2 atom stereocenters. The number of nitrogens with zero attached hydrogens (tertiary/aromatic N) is 1. The van der Waals surface area contributed by atoms with Gasteiger partial charge in [-0.3, -0.25) is 4.67 Å². The van der Waals surface area contributed by atoms with Gasteiger partial charge in [0.1, 0.15) is 0 Å². The van der Waals surface area contributed by atoms with Crippen LogP contribution in [0.4, 0.5) is 0 Å². The fourth-order valence-electron chi connectivity index (χ4n) is 1.43. The molecular formula is C9H22NP. The molecule has 1 saturated heterocycles. The summed E-state index contributed by atoms with van der Waals surface area (Å²) < 4.78 is 2.36. The van der Waals surface area contributed by atoms with Gasteiger partial charge in [0.15, 0.2) is 0 Å². The molecule has 0 radical (unpaired) electrons. The zero-order valence-corrected chi connectivity index (χ0v) is 9.29. The molecule has 0 aromatic carbocycles. The van der Waals surface area contributed by atoms with E-state index in [9.17, 15) is 0 Å². The van der Waals surface area contributed by atoms with Crippen molar-refractivity contribution >= 4 is 9.39 Å². The van der Waals surface area contributed by atoms with Gasteiger partial charge in [0.05, 0.1) is 0 Å². The molecule has 1 aliphatic rings. The summed E-state index contributed by atoms with van der Waals surface area (Å²) in [6.07, 6.45) is 4.19. The van der Waals surface area contributed by atoms with E-state index in [4.69, 9.17) is 0 Å². The molecule has 1 aliphatic heterocycles. The third-order valence-corrected chi connectivity index (χ3v) is 2.60. The van der Waals surface area contributed by atoms with E-state index >= 15 is 0 Å². The van der Waals surface area contributed by atoms with Crippen LogP contribution in [-0.4, -0.2) is 17.8 Å². The quantitative estimate of drug-likeness (QED) is 0.554. The molecular weight excluding hydrogens is 153 g/mol. The lowest BCUT2D eigenvalue weighted by atomic mass is 9.97. The van der Waals surface area contributed by atoms with Crippen LogP contribution in [0.3, 0.4) is 0 Å². The highest BCUT2D eigenvalue weighted by Crippen LogP contribution is 2.20. The van der Waals surface area contributed by atoms with Crippen LogP contribution in [0.2, 0.25) is 0 Å². The van der Waals surface area contributed by atoms with Gasteiger partial charge in [0.25, 0.3) is 0 Å². The normalized spacial score (nSPS) is 25.6. The minimum Gasteiger partial charge on any atom is -0.287 e. The first-order chi connectivity index (χ1) is 5.33. The van der Waals surface area contributed by atoms with Crippen molar-refractivity contribution in [1.29, 1.82) is 0 Å². The Bertz CT molecular complexity index is 85.6. The van der Waals surface area contributed by atoms with Crippen LogP contribution in [0.1, 0.15) is 40.0 Å². The Morgan fingerprint density at radius 2 is 2.09 bits per heavy atom. The molecule has 0 spiro atoms. The van der Waals surface area contributed by atoms with Gasteiger partial charge in [0.2, 0.25) is 0 Å². The summed E-state index contributed by atoms with van der Waals surface area (Å²) in [6, 6.07) is 0. The second-order valence-electron chi connectivity index (χ2n) is 2.91. The highest BCUT2D eigenvalue weighted by Gasteiger charge is 2.14. The van der Waals surface area contributed by atoms with Gasteiger partial charge in [0, 0.05) is 13.1 Å². The molecule has 68 valence electrons. The summed E-state index contributed by atoms with van der Waals surface area (Å²) >= 11 is 0. The topological polar surface area (TPSA) is 3.24 Å². The van der Waals surface area contributed by atoms with Crippen molar-refractivity contribution < 1.29 is 0 Å². The minimum atomic E-state index is 0.969. The fraction of sp³-hybridized carbons (Fsp3) is 1.00. The lowest BCUT2D eigenvalue weighted by Crippen LogP contribution is -2.27. The number of piperidine rings is 1. The van der Waals surface area contributed by atoms with E-state index in [0.29, 0.717) is 0 Å². The van der Waals surface area contributed by atoms with Crippen molar-refractivity contribution in [1.82, 2.24) is 4.67 Å². The minimum absolute atomic E-state index is 0.969. The van der Waals surface area contributed by atoms with E-state index in [0.717, 1.165) is 5.92 Å². The van der Waals surface area contributed by atoms with Gasteiger partial charge in [-0.15, -0.1) is 0 Å². The Balaban J connectivity index is 0.000000461. The van der Waals surface area contributed by atoms with Crippen LogP contribution >= 0.6 is 9.39 Å². The summed E-state index contributed by atoms with van der Waals surface area (Å²) in [4.78, 5) is 0. The Labute approximate surface area is 73.8 Å². The summed E-state index contributed by atoms with van der Waals surface area (Å²) in [5.74, 6) is 0.969. The van der Waals surface area contributed by atoms with Crippen molar-refractivity contribution in [2.45, 2.75) is 40.0 Å². The zero-order valence-electron chi connectivity index (χ0n) is 8.14. The first-order valence-corrected chi connectivity index (χ1v) is 5.34. The zero-order chi connectivity index (χ0) is 8.69. The molecule has 2 heteroatoms. The van der Waals surface area contributed by atoms with Gasteiger partial charge < -0.3 is 0 Å².